The van der Waals surface area contributed by atoms with E-state index in [0.29, 0.717) is 48.7 Å². The molecule has 2 aromatic rings. The van der Waals surface area contributed by atoms with E-state index in [1.165, 1.54) is 0 Å². The third kappa shape index (κ3) is 4.96. The van der Waals surface area contributed by atoms with Gasteiger partial charge in [0.2, 0.25) is 5.91 Å². The van der Waals surface area contributed by atoms with E-state index in [9.17, 15) is 14.9 Å². The number of hydrogen-bond donors (Lipinski definition) is 1. The van der Waals surface area contributed by atoms with Gasteiger partial charge in [0.15, 0.2) is 11.5 Å². The van der Waals surface area contributed by atoms with Crippen LogP contribution in [0.5, 0.6) is 11.5 Å². The minimum absolute atomic E-state index is 0.00536. The second kappa shape index (κ2) is 9.78. The number of nitriles is 1. The molecule has 1 N–H and O–H groups in total. The number of H-pyrrole nitrogens is 1. The molecule has 1 aromatic heterocycles. The van der Waals surface area contributed by atoms with Crippen molar-refractivity contribution in [2.45, 2.75) is 40.2 Å². The number of aromatic nitrogens is 1. The molecule has 0 unspecified atom stereocenters. The van der Waals surface area contributed by atoms with Crippen molar-refractivity contribution in [1.29, 1.82) is 5.26 Å². The minimum atomic E-state index is -0.388. The first kappa shape index (κ1) is 22.0. The number of amides is 1. The van der Waals surface area contributed by atoms with E-state index in [2.05, 4.69) is 4.98 Å². The number of hydrogen-bond acceptors (Lipinski definition) is 5. The van der Waals surface area contributed by atoms with Gasteiger partial charge in [0.05, 0.1) is 14.2 Å². The fourth-order valence-electron chi connectivity index (χ4n) is 3.39. The number of rotatable bonds is 8. The molecule has 0 radical (unpaired) electrons. The van der Waals surface area contributed by atoms with Crippen molar-refractivity contribution >= 4 is 5.91 Å². The van der Waals surface area contributed by atoms with Crippen LogP contribution in [0, 0.1) is 25.2 Å². The van der Waals surface area contributed by atoms with Crippen LogP contribution in [0.1, 0.15) is 41.3 Å². The summed E-state index contributed by atoms with van der Waals surface area (Å²) in [7, 11) is 3.16. The Balaban J connectivity index is 2.14. The van der Waals surface area contributed by atoms with E-state index in [-0.39, 0.29) is 17.0 Å². The van der Waals surface area contributed by atoms with Crippen molar-refractivity contribution in [3.63, 3.8) is 0 Å². The smallest absolute Gasteiger partial charge is 0.266 e. The number of benzene rings is 1. The number of methoxy groups -OCH3 is 2. The highest BCUT2D eigenvalue weighted by Gasteiger charge is 2.17. The largest absolute Gasteiger partial charge is 0.493 e. The van der Waals surface area contributed by atoms with Crippen molar-refractivity contribution in [2.24, 2.45) is 0 Å². The molecule has 7 nitrogen and oxygen atoms in total. The lowest BCUT2D eigenvalue weighted by molar-refractivity contribution is -0.131. The molecule has 0 aliphatic heterocycles. The Hall–Kier alpha value is -3.27. The van der Waals surface area contributed by atoms with Crippen LogP contribution in [0.2, 0.25) is 0 Å². The number of aryl methyl sites for hydroxylation is 1. The molecule has 0 bridgehead atoms. The fourth-order valence-corrected chi connectivity index (χ4v) is 3.39. The zero-order valence-electron chi connectivity index (χ0n) is 17.6. The Morgan fingerprint density at radius 1 is 1.21 bits per heavy atom. The highest BCUT2D eigenvalue weighted by atomic mass is 16.5. The molecule has 0 saturated carbocycles. The Bertz CT molecular complexity index is 989. The number of nitrogens with one attached hydrogen (secondary N) is 1. The molecule has 2 rings (SSSR count). The molecule has 0 saturated heterocycles. The highest BCUT2D eigenvalue weighted by Crippen LogP contribution is 2.28. The van der Waals surface area contributed by atoms with Gasteiger partial charge in [-0.3, -0.25) is 9.59 Å². The van der Waals surface area contributed by atoms with Gasteiger partial charge in [0.25, 0.3) is 5.56 Å². The van der Waals surface area contributed by atoms with Crippen molar-refractivity contribution in [3.8, 4) is 17.6 Å². The summed E-state index contributed by atoms with van der Waals surface area (Å²) >= 11 is 0. The van der Waals surface area contributed by atoms with Crippen LogP contribution in [-0.2, 0) is 17.8 Å². The maximum atomic E-state index is 12.8. The highest BCUT2D eigenvalue weighted by molar-refractivity contribution is 5.76. The summed E-state index contributed by atoms with van der Waals surface area (Å²) in [5.41, 5.74) is 2.85. The van der Waals surface area contributed by atoms with Crippen LogP contribution < -0.4 is 15.0 Å². The Labute approximate surface area is 170 Å². The number of nitrogens with zero attached hydrogens (tertiary/aromatic N) is 2. The molecule has 7 heteroatoms. The predicted molar refractivity (Wildman–Crippen MR) is 110 cm³/mol. The van der Waals surface area contributed by atoms with Gasteiger partial charge in [-0.25, -0.2) is 0 Å². The number of ether oxygens (including phenoxy) is 2. The van der Waals surface area contributed by atoms with Crippen molar-refractivity contribution in [2.75, 3.05) is 20.8 Å². The van der Waals surface area contributed by atoms with Crippen LogP contribution in [-0.4, -0.2) is 36.6 Å². The van der Waals surface area contributed by atoms with Crippen molar-refractivity contribution in [3.05, 3.63) is 56.5 Å². The summed E-state index contributed by atoms with van der Waals surface area (Å²) in [6.45, 7) is 6.50. The van der Waals surface area contributed by atoms with Gasteiger partial charge in [-0.15, -0.1) is 0 Å². The summed E-state index contributed by atoms with van der Waals surface area (Å²) in [4.78, 5) is 29.1. The number of aromatic amines is 1. The molecule has 1 amide bonds. The first-order valence-electron chi connectivity index (χ1n) is 9.47. The molecule has 0 aliphatic rings. The van der Waals surface area contributed by atoms with Crippen LogP contribution in [0.4, 0.5) is 0 Å². The summed E-state index contributed by atoms with van der Waals surface area (Å²) < 4.78 is 10.6. The first-order chi connectivity index (χ1) is 13.9. The van der Waals surface area contributed by atoms with Crippen LogP contribution in [0.25, 0.3) is 0 Å². The number of pyridine rings is 1. The van der Waals surface area contributed by atoms with Crippen molar-refractivity contribution in [1.82, 2.24) is 9.88 Å². The molecule has 1 aromatic carbocycles. The van der Waals surface area contributed by atoms with E-state index in [1.807, 2.05) is 31.2 Å². The second-order valence-corrected chi connectivity index (χ2v) is 6.77. The van der Waals surface area contributed by atoms with E-state index >= 15 is 0 Å². The van der Waals surface area contributed by atoms with Crippen LogP contribution >= 0.6 is 0 Å². The van der Waals surface area contributed by atoms with E-state index in [4.69, 9.17) is 9.47 Å². The van der Waals surface area contributed by atoms with Gasteiger partial charge in [0.1, 0.15) is 11.6 Å². The molecule has 0 fully saturated rings. The lowest BCUT2D eigenvalue weighted by Gasteiger charge is -2.22. The molecule has 0 spiro atoms. The third-order valence-corrected chi connectivity index (χ3v) is 5.06. The summed E-state index contributed by atoms with van der Waals surface area (Å²) in [6.07, 6.45) is 0.754. The molecule has 0 atom stereocenters. The van der Waals surface area contributed by atoms with Gasteiger partial charge in [-0.2, -0.15) is 5.26 Å². The standard InChI is InChI=1S/C22H27N3O4/c1-6-25(13-16-7-9-19(28-4)20(11-16)29-5)21(26)10-8-17-14(2)18(12-23)22(27)24-15(17)3/h7,9,11H,6,8,10,13H2,1-5H3,(H,24,27). The SMILES string of the molecule is CCN(Cc1ccc(OC)c(OC)c1)C(=O)CCc1c(C)[nH]c(=O)c(C#N)c1C. The van der Waals surface area contributed by atoms with E-state index < -0.39 is 0 Å². The zero-order valence-corrected chi connectivity index (χ0v) is 17.6. The zero-order chi connectivity index (χ0) is 21.6. The lowest BCUT2D eigenvalue weighted by atomic mass is 9.99. The van der Waals surface area contributed by atoms with E-state index in [1.54, 1.807) is 33.0 Å². The Kier molecular flexibility index (Phi) is 7.43. The molecule has 0 aliphatic carbocycles. The molecule has 1 heterocycles. The van der Waals surface area contributed by atoms with Gasteiger partial charge in [-0.05, 0) is 56.0 Å². The molecular weight excluding hydrogens is 370 g/mol. The lowest BCUT2D eigenvalue weighted by Crippen LogP contribution is -2.30. The minimum Gasteiger partial charge on any atom is -0.493 e. The quantitative estimate of drug-likeness (QED) is 0.739. The number of carbonyl (C=O) groups is 1. The molecule has 154 valence electrons. The fraction of sp³-hybridized carbons (Fsp3) is 0.409. The Morgan fingerprint density at radius 2 is 1.90 bits per heavy atom. The molecular formula is C22H27N3O4. The van der Waals surface area contributed by atoms with Crippen LogP contribution in [0.15, 0.2) is 23.0 Å². The summed E-state index contributed by atoms with van der Waals surface area (Å²) in [5, 5.41) is 9.20. The summed E-state index contributed by atoms with van der Waals surface area (Å²) in [5.74, 6) is 1.27. The van der Waals surface area contributed by atoms with Crippen LogP contribution in [0.3, 0.4) is 0 Å². The van der Waals surface area contributed by atoms with Gasteiger partial charge < -0.3 is 19.4 Å². The Morgan fingerprint density at radius 3 is 2.48 bits per heavy atom. The first-order valence-corrected chi connectivity index (χ1v) is 9.47. The topological polar surface area (TPSA) is 95.4 Å². The summed E-state index contributed by atoms with van der Waals surface area (Å²) in [6, 6.07) is 7.54. The maximum Gasteiger partial charge on any atom is 0.266 e. The molecule has 29 heavy (non-hydrogen) atoms. The normalized spacial score (nSPS) is 10.3. The third-order valence-electron chi connectivity index (χ3n) is 5.06. The van der Waals surface area contributed by atoms with Gasteiger partial charge >= 0.3 is 0 Å². The number of carbonyl (C=O) groups excluding carboxylic acids is 1. The average Bonchev–Trinajstić information content (AvgIpc) is 2.71. The van der Waals surface area contributed by atoms with Crippen molar-refractivity contribution < 1.29 is 14.3 Å². The average molecular weight is 397 g/mol. The maximum absolute atomic E-state index is 12.8. The van der Waals surface area contributed by atoms with Gasteiger partial charge in [-0.1, -0.05) is 6.07 Å². The second-order valence-electron chi connectivity index (χ2n) is 6.77. The van der Waals surface area contributed by atoms with E-state index in [0.717, 1.165) is 11.1 Å². The predicted octanol–water partition coefficient (Wildman–Crippen LogP) is 2.86. The van der Waals surface area contributed by atoms with Gasteiger partial charge in [0, 0.05) is 25.2 Å². The monoisotopic (exact) mass is 397 g/mol.